The van der Waals surface area contributed by atoms with Gasteiger partial charge in [0.05, 0.1) is 34.0 Å². The third kappa shape index (κ3) is 5.68. The second-order valence-electron chi connectivity index (χ2n) is 10.0. The minimum atomic E-state index is -1.75. The van der Waals surface area contributed by atoms with Crippen LogP contribution in [0.1, 0.15) is 25.5 Å². The molecule has 1 aliphatic rings. The number of amides is 1. The zero-order chi connectivity index (χ0) is 30.0. The Balaban J connectivity index is 1.85. The average Bonchev–Trinajstić information content (AvgIpc) is 2.97. The smallest absolute Gasteiger partial charge is 0.251 e. The van der Waals surface area contributed by atoms with Gasteiger partial charge in [0.15, 0.2) is 23.0 Å². The standard InChI is InChI=1S/C29H35NO11/c1-13(2)12-30-29(35)28-25(34)23(32)24(33)27(41-28)22-19(38-5)11-20-21(26(22)39-6)15(31)10-17(40-20)14-7-8-16(36-3)18(9-14)37-4/h7-11,13,23-25,27-28,32-34H,12H2,1-6H3,(H,30,35). The van der Waals surface area contributed by atoms with Crippen LogP contribution < -0.4 is 29.7 Å². The highest BCUT2D eigenvalue weighted by Gasteiger charge is 2.49. The molecule has 0 saturated carbocycles. The van der Waals surface area contributed by atoms with Gasteiger partial charge in [-0.15, -0.1) is 0 Å². The molecule has 0 aliphatic carbocycles. The van der Waals surface area contributed by atoms with Crippen LogP contribution in [0.25, 0.3) is 22.3 Å². The molecule has 0 bridgehead atoms. The van der Waals surface area contributed by atoms with Crippen LogP contribution in [0.2, 0.25) is 0 Å². The van der Waals surface area contributed by atoms with Crippen molar-refractivity contribution in [1.82, 2.24) is 5.32 Å². The summed E-state index contributed by atoms with van der Waals surface area (Å²) in [6.07, 6.45) is -8.09. The molecule has 12 heteroatoms. The largest absolute Gasteiger partial charge is 0.496 e. The van der Waals surface area contributed by atoms with E-state index >= 15 is 0 Å². The number of aliphatic hydroxyl groups is 3. The van der Waals surface area contributed by atoms with Gasteiger partial charge in [-0.05, 0) is 24.1 Å². The van der Waals surface area contributed by atoms with Gasteiger partial charge in [0, 0.05) is 24.2 Å². The molecule has 2 heterocycles. The number of hydrogen-bond donors (Lipinski definition) is 4. The van der Waals surface area contributed by atoms with Crippen LogP contribution in [-0.2, 0) is 9.53 Å². The van der Waals surface area contributed by atoms with Gasteiger partial charge in [-0.2, -0.15) is 0 Å². The Hall–Kier alpha value is -3.84. The van der Waals surface area contributed by atoms with Gasteiger partial charge in [0.25, 0.3) is 5.91 Å². The van der Waals surface area contributed by atoms with Gasteiger partial charge in [-0.3, -0.25) is 9.59 Å². The summed E-state index contributed by atoms with van der Waals surface area (Å²) in [5.41, 5.74) is 0.238. The van der Waals surface area contributed by atoms with Gasteiger partial charge < -0.3 is 48.7 Å². The van der Waals surface area contributed by atoms with Crippen molar-refractivity contribution in [3.8, 4) is 34.3 Å². The van der Waals surface area contributed by atoms with E-state index < -0.39 is 41.9 Å². The third-order valence-electron chi connectivity index (χ3n) is 6.91. The number of rotatable bonds is 9. The maximum absolute atomic E-state index is 13.5. The lowest BCUT2D eigenvalue weighted by Crippen LogP contribution is -2.59. The first kappa shape index (κ1) is 30.1. The molecule has 41 heavy (non-hydrogen) atoms. The minimum Gasteiger partial charge on any atom is -0.496 e. The van der Waals surface area contributed by atoms with Gasteiger partial charge in [0.2, 0.25) is 0 Å². The van der Waals surface area contributed by atoms with Crippen LogP contribution in [0.4, 0.5) is 0 Å². The minimum absolute atomic E-state index is 0.0183. The maximum Gasteiger partial charge on any atom is 0.251 e. The number of ether oxygens (including phenoxy) is 5. The topological polar surface area (TPSA) is 166 Å². The molecule has 3 aromatic rings. The zero-order valence-corrected chi connectivity index (χ0v) is 23.7. The monoisotopic (exact) mass is 573 g/mol. The predicted octanol–water partition coefficient (Wildman–Crippen LogP) is 1.79. The lowest BCUT2D eigenvalue weighted by molar-refractivity contribution is -0.223. The zero-order valence-electron chi connectivity index (χ0n) is 23.7. The third-order valence-corrected chi connectivity index (χ3v) is 6.91. The Morgan fingerprint density at radius 3 is 2.20 bits per heavy atom. The predicted molar refractivity (Wildman–Crippen MR) is 148 cm³/mol. The highest BCUT2D eigenvalue weighted by atomic mass is 16.5. The van der Waals surface area contributed by atoms with Crippen molar-refractivity contribution in [2.24, 2.45) is 5.92 Å². The summed E-state index contributed by atoms with van der Waals surface area (Å²) in [4.78, 5) is 26.3. The van der Waals surface area contributed by atoms with Crippen molar-refractivity contribution >= 4 is 16.9 Å². The molecule has 1 fully saturated rings. The Kier molecular flexibility index (Phi) is 9.08. The SMILES string of the molecule is COc1ccc(-c2cc(=O)c3c(OC)c(C4OC(C(=O)NCC(C)C)C(O)C(O)C4O)c(OC)cc3o2)cc1OC. The van der Waals surface area contributed by atoms with Crippen LogP contribution in [0, 0.1) is 5.92 Å². The summed E-state index contributed by atoms with van der Waals surface area (Å²) >= 11 is 0. The number of fused-ring (bicyclic) bond motifs is 1. The average molecular weight is 574 g/mol. The molecule has 1 amide bonds. The molecule has 0 radical (unpaired) electrons. The van der Waals surface area contributed by atoms with E-state index in [1.165, 1.54) is 40.6 Å². The van der Waals surface area contributed by atoms with E-state index in [4.69, 9.17) is 28.1 Å². The first-order valence-corrected chi connectivity index (χ1v) is 13.0. The molecule has 5 unspecified atom stereocenters. The van der Waals surface area contributed by atoms with E-state index in [1.807, 2.05) is 13.8 Å². The molecule has 12 nitrogen and oxygen atoms in total. The van der Waals surface area contributed by atoms with Crippen molar-refractivity contribution in [2.45, 2.75) is 44.4 Å². The Bertz CT molecular complexity index is 1470. The lowest BCUT2D eigenvalue weighted by Gasteiger charge is -2.40. The number of hydrogen-bond acceptors (Lipinski definition) is 11. The summed E-state index contributed by atoms with van der Waals surface area (Å²) in [5.74, 6) is 0.678. The van der Waals surface area contributed by atoms with Crippen LogP contribution in [0.3, 0.4) is 0 Å². The Morgan fingerprint density at radius 1 is 0.902 bits per heavy atom. The molecule has 4 N–H and O–H groups in total. The second kappa shape index (κ2) is 12.4. The summed E-state index contributed by atoms with van der Waals surface area (Å²) in [7, 11) is 5.67. The maximum atomic E-state index is 13.5. The number of carbonyl (C=O) groups is 1. The number of nitrogens with one attached hydrogen (secondary N) is 1. The number of benzene rings is 2. The quantitative estimate of drug-likeness (QED) is 0.295. The van der Waals surface area contributed by atoms with Crippen LogP contribution in [0.15, 0.2) is 39.5 Å². The van der Waals surface area contributed by atoms with E-state index in [0.717, 1.165) is 0 Å². The van der Waals surface area contributed by atoms with E-state index in [-0.39, 0.29) is 39.7 Å². The van der Waals surface area contributed by atoms with Crippen LogP contribution >= 0.6 is 0 Å². The number of aliphatic hydroxyl groups excluding tert-OH is 3. The van der Waals surface area contributed by atoms with Crippen molar-refractivity contribution in [3.05, 3.63) is 46.1 Å². The highest BCUT2D eigenvalue weighted by molar-refractivity contribution is 5.89. The molecule has 1 aromatic heterocycles. The van der Waals surface area contributed by atoms with Crippen molar-refractivity contribution in [3.63, 3.8) is 0 Å². The highest BCUT2D eigenvalue weighted by Crippen LogP contribution is 2.46. The number of carbonyl (C=O) groups excluding carboxylic acids is 1. The fraction of sp³-hybridized carbons (Fsp3) is 0.448. The second-order valence-corrected chi connectivity index (χ2v) is 10.0. The summed E-state index contributed by atoms with van der Waals surface area (Å²) in [6, 6.07) is 7.76. The van der Waals surface area contributed by atoms with Crippen LogP contribution in [-0.4, -0.2) is 80.6 Å². The van der Waals surface area contributed by atoms with Crippen molar-refractivity contribution in [2.75, 3.05) is 35.0 Å². The van der Waals surface area contributed by atoms with E-state index in [2.05, 4.69) is 5.32 Å². The summed E-state index contributed by atoms with van der Waals surface area (Å²) in [5, 5.41) is 34.8. The fourth-order valence-corrected chi connectivity index (χ4v) is 4.80. The normalized spacial score (nSPS) is 22.4. The van der Waals surface area contributed by atoms with E-state index in [9.17, 15) is 24.9 Å². The van der Waals surface area contributed by atoms with Gasteiger partial charge in [-0.25, -0.2) is 0 Å². The summed E-state index contributed by atoms with van der Waals surface area (Å²) < 4.78 is 33.8. The van der Waals surface area contributed by atoms with Crippen molar-refractivity contribution < 1.29 is 48.2 Å². The van der Waals surface area contributed by atoms with Gasteiger partial charge >= 0.3 is 0 Å². The summed E-state index contributed by atoms with van der Waals surface area (Å²) in [6.45, 7) is 4.10. The molecule has 5 atom stereocenters. The molecule has 222 valence electrons. The van der Waals surface area contributed by atoms with Crippen LogP contribution in [0.5, 0.6) is 23.0 Å². The molecule has 2 aromatic carbocycles. The first-order chi connectivity index (χ1) is 19.6. The Labute approximate surface area is 236 Å². The van der Waals surface area contributed by atoms with Gasteiger partial charge in [-0.1, -0.05) is 13.8 Å². The molecular formula is C29H35NO11. The first-order valence-electron chi connectivity index (χ1n) is 13.0. The van der Waals surface area contributed by atoms with Crippen molar-refractivity contribution in [1.29, 1.82) is 0 Å². The van der Waals surface area contributed by atoms with E-state index in [0.29, 0.717) is 23.6 Å². The lowest BCUT2D eigenvalue weighted by atomic mass is 9.89. The Morgan fingerprint density at radius 2 is 1.59 bits per heavy atom. The molecule has 1 saturated heterocycles. The molecular weight excluding hydrogens is 538 g/mol. The fourth-order valence-electron chi connectivity index (χ4n) is 4.80. The molecule has 0 spiro atoms. The van der Waals surface area contributed by atoms with Gasteiger partial charge in [0.1, 0.15) is 52.6 Å². The molecule has 1 aliphatic heterocycles. The number of methoxy groups -OCH3 is 4. The van der Waals surface area contributed by atoms with E-state index in [1.54, 1.807) is 18.2 Å². The molecule has 4 rings (SSSR count).